The fraction of sp³-hybridized carbons (Fsp3) is 0.364. The highest BCUT2D eigenvalue weighted by Crippen LogP contribution is 2.31. The highest BCUT2D eigenvalue weighted by molar-refractivity contribution is 6.02. The van der Waals surface area contributed by atoms with Crippen molar-refractivity contribution in [1.82, 2.24) is 0 Å². The summed E-state index contributed by atoms with van der Waals surface area (Å²) in [5, 5.41) is 2.85. The zero-order valence-electron chi connectivity index (χ0n) is 16.7. The lowest BCUT2D eigenvalue weighted by Crippen LogP contribution is -2.37. The van der Waals surface area contributed by atoms with E-state index in [1.807, 2.05) is 32.0 Å². The molecule has 0 spiro atoms. The van der Waals surface area contributed by atoms with Gasteiger partial charge < -0.3 is 15.0 Å². The number of ether oxygens (including phenoxy) is 1. The number of aryl methyl sites for hydroxylation is 1. The fourth-order valence-electron chi connectivity index (χ4n) is 3.01. The first-order valence-corrected chi connectivity index (χ1v) is 9.23. The Hall–Kier alpha value is -2.82. The van der Waals surface area contributed by atoms with Gasteiger partial charge in [-0.25, -0.2) is 0 Å². The van der Waals surface area contributed by atoms with Gasteiger partial charge in [0.2, 0.25) is 11.8 Å². The van der Waals surface area contributed by atoms with Crippen molar-refractivity contribution in [3.8, 4) is 5.75 Å². The quantitative estimate of drug-likeness (QED) is 0.782. The van der Waals surface area contributed by atoms with Crippen LogP contribution >= 0.6 is 0 Å². The molecule has 5 nitrogen and oxygen atoms in total. The van der Waals surface area contributed by atoms with Crippen molar-refractivity contribution in [2.45, 2.75) is 40.5 Å². The van der Waals surface area contributed by atoms with Crippen LogP contribution in [-0.4, -0.2) is 25.0 Å². The molecule has 0 saturated heterocycles. The minimum absolute atomic E-state index is 0.0346. The average molecular weight is 368 g/mol. The molecule has 0 aliphatic carbocycles. The molecule has 144 valence electrons. The van der Waals surface area contributed by atoms with Crippen molar-refractivity contribution in [1.29, 1.82) is 0 Å². The molecule has 1 N–H and O–H groups in total. The molecule has 2 aromatic rings. The Balaban J connectivity index is 2.19. The maximum absolute atomic E-state index is 12.6. The highest BCUT2D eigenvalue weighted by atomic mass is 16.5. The standard InChI is InChI=1S/C22H28N2O3/c1-6-27-19-12-10-18(11-13-19)23-21(26)14-24(17(5)25)22-16(4)8-7-9-20(22)15(2)3/h7-13,15H,6,14H2,1-5H3,(H,23,26). The molecule has 0 atom stereocenters. The molecule has 0 saturated carbocycles. The summed E-state index contributed by atoms with van der Waals surface area (Å²) in [6, 6.07) is 13.1. The van der Waals surface area contributed by atoms with Crippen molar-refractivity contribution in [3.63, 3.8) is 0 Å². The lowest BCUT2D eigenvalue weighted by Gasteiger charge is -2.27. The van der Waals surface area contributed by atoms with Gasteiger partial charge in [0.1, 0.15) is 12.3 Å². The van der Waals surface area contributed by atoms with Gasteiger partial charge >= 0.3 is 0 Å². The number of hydrogen-bond acceptors (Lipinski definition) is 3. The van der Waals surface area contributed by atoms with Crippen LogP contribution in [0.2, 0.25) is 0 Å². The van der Waals surface area contributed by atoms with Crippen LogP contribution in [0, 0.1) is 6.92 Å². The third-order valence-electron chi connectivity index (χ3n) is 4.29. The number of rotatable bonds is 7. The summed E-state index contributed by atoms with van der Waals surface area (Å²) in [5.41, 5.74) is 3.52. The van der Waals surface area contributed by atoms with Crippen LogP contribution < -0.4 is 15.0 Å². The smallest absolute Gasteiger partial charge is 0.244 e. The molecule has 2 amide bonds. The lowest BCUT2D eigenvalue weighted by atomic mass is 9.97. The summed E-state index contributed by atoms with van der Waals surface area (Å²) in [7, 11) is 0. The van der Waals surface area contributed by atoms with Crippen LogP contribution in [0.25, 0.3) is 0 Å². The number of benzene rings is 2. The van der Waals surface area contributed by atoms with Crippen molar-refractivity contribution in [3.05, 3.63) is 53.6 Å². The Morgan fingerprint density at radius 3 is 2.33 bits per heavy atom. The van der Waals surface area contributed by atoms with Crippen LogP contribution in [0.5, 0.6) is 5.75 Å². The van der Waals surface area contributed by atoms with Gasteiger partial charge in [0.05, 0.1) is 12.3 Å². The number of amides is 2. The Kier molecular flexibility index (Phi) is 6.99. The molecule has 2 aromatic carbocycles. The van der Waals surface area contributed by atoms with Gasteiger partial charge in [-0.1, -0.05) is 32.0 Å². The predicted molar refractivity (Wildman–Crippen MR) is 110 cm³/mol. The Labute approximate surface area is 161 Å². The van der Waals surface area contributed by atoms with E-state index < -0.39 is 0 Å². The van der Waals surface area contributed by atoms with Crippen molar-refractivity contribution in [2.24, 2.45) is 0 Å². The van der Waals surface area contributed by atoms with Gasteiger partial charge in [0.25, 0.3) is 0 Å². The Morgan fingerprint density at radius 2 is 1.78 bits per heavy atom. The molecule has 0 aromatic heterocycles. The van der Waals surface area contributed by atoms with Crippen molar-refractivity contribution < 1.29 is 14.3 Å². The molecule has 27 heavy (non-hydrogen) atoms. The first-order valence-electron chi connectivity index (χ1n) is 9.23. The number of para-hydroxylation sites is 1. The third kappa shape index (κ3) is 5.33. The summed E-state index contributed by atoms with van der Waals surface area (Å²) < 4.78 is 5.40. The normalized spacial score (nSPS) is 10.6. The zero-order valence-corrected chi connectivity index (χ0v) is 16.7. The predicted octanol–water partition coefficient (Wildman–Crippen LogP) is 4.51. The number of carbonyl (C=O) groups excluding carboxylic acids is 2. The van der Waals surface area contributed by atoms with E-state index in [-0.39, 0.29) is 24.3 Å². The van der Waals surface area contributed by atoms with Gasteiger partial charge in [0, 0.05) is 12.6 Å². The summed E-state index contributed by atoms with van der Waals surface area (Å²) in [5.74, 6) is 0.596. The second-order valence-electron chi connectivity index (χ2n) is 6.78. The summed E-state index contributed by atoms with van der Waals surface area (Å²) >= 11 is 0. The maximum atomic E-state index is 12.6. The molecule has 0 unspecified atom stereocenters. The summed E-state index contributed by atoms with van der Waals surface area (Å²) in [4.78, 5) is 26.4. The molecule has 0 radical (unpaired) electrons. The summed E-state index contributed by atoms with van der Waals surface area (Å²) in [6.45, 7) is 10.1. The minimum Gasteiger partial charge on any atom is -0.494 e. The second kappa shape index (κ2) is 9.21. The molecule has 5 heteroatoms. The van der Waals surface area contributed by atoms with Gasteiger partial charge in [-0.15, -0.1) is 0 Å². The minimum atomic E-state index is -0.243. The Morgan fingerprint density at radius 1 is 1.11 bits per heavy atom. The number of nitrogens with zero attached hydrogens (tertiary/aromatic N) is 1. The lowest BCUT2D eigenvalue weighted by molar-refractivity contribution is -0.120. The average Bonchev–Trinajstić information content (AvgIpc) is 2.61. The molecule has 2 rings (SSSR count). The molecule has 0 bridgehead atoms. The van der Waals surface area contributed by atoms with E-state index in [9.17, 15) is 9.59 Å². The topological polar surface area (TPSA) is 58.6 Å². The first kappa shape index (κ1) is 20.5. The van der Waals surface area contributed by atoms with Gasteiger partial charge in [-0.05, 0) is 55.2 Å². The molecular weight excluding hydrogens is 340 g/mol. The van der Waals surface area contributed by atoms with Crippen molar-refractivity contribution in [2.75, 3.05) is 23.4 Å². The molecule has 0 fully saturated rings. The summed E-state index contributed by atoms with van der Waals surface area (Å²) in [6.07, 6.45) is 0. The van der Waals surface area contributed by atoms with Crippen LogP contribution in [0.3, 0.4) is 0 Å². The SMILES string of the molecule is CCOc1ccc(NC(=O)CN(C(C)=O)c2c(C)cccc2C(C)C)cc1. The van der Waals surface area contributed by atoms with Crippen LogP contribution in [0.4, 0.5) is 11.4 Å². The zero-order chi connectivity index (χ0) is 20.0. The van der Waals surface area contributed by atoms with E-state index in [0.29, 0.717) is 12.3 Å². The molecule has 0 aliphatic rings. The van der Waals surface area contributed by atoms with Crippen LogP contribution in [-0.2, 0) is 9.59 Å². The van der Waals surface area contributed by atoms with Gasteiger partial charge in [0.15, 0.2) is 0 Å². The van der Waals surface area contributed by atoms with E-state index in [4.69, 9.17) is 4.74 Å². The van der Waals surface area contributed by atoms with E-state index in [2.05, 4.69) is 19.2 Å². The third-order valence-corrected chi connectivity index (χ3v) is 4.29. The fourth-order valence-corrected chi connectivity index (χ4v) is 3.01. The van der Waals surface area contributed by atoms with Gasteiger partial charge in [-0.3, -0.25) is 9.59 Å². The molecular formula is C22H28N2O3. The number of nitrogens with one attached hydrogen (secondary N) is 1. The van der Waals surface area contributed by atoms with E-state index in [1.54, 1.807) is 29.2 Å². The molecule has 0 aliphatic heterocycles. The largest absolute Gasteiger partial charge is 0.494 e. The Bertz CT molecular complexity index is 798. The van der Waals surface area contributed by atoms with Crippen molar-refractivity contribution >= 4 is 23.2 Å². The van der Waals surface area contributed by atoms with E-state index in [0.717, 1.165) is 22.6 Å². The number of anilines is 2. The maximum Gasteiger partial charge on any atom is 0.244 e. The number of hydrogen-bond donors (Lipinski definition) is 1. The second-order valence-corrected chi connectivity index (χ2v) is 6.78. The van der Waals surface area contributed by atoms with E-state index >= 15 is 0 Å². The monoisotopic (exact) mass is 368 g/mol. The van der Waals surface area contributed by atoms with Gasteiger partial charge in [-0.2, -0.15) is 0 Å². The number of carbonyl (C=O) groups is 2. The first-order chi connectivity index (χ1) is 12.8. The van der Waals surface area contributed by atoms with Crippen LogP contribution in [0.1, 0.15) is 44.7 Å². The highest BCUT2D eigenvalue weighted by Gasteiger charge is 2.21. The molecule has 0 heterocycles. The van der Waals surface area contributed by atoms with E-state index in [1.165, 1.54) is 6.92 Å². The van der Waals surface area contributed by atoms with Crippen LogP contribution in [0.15, 0.2) is 42.5 Å².